The minimum atomic E-state index is 0.812. The van der Waals surface area contributed by atoms with Crippen LogP contribution in [-0.2, 0) is 6.54 Å². The van der Waals surface area contributed by atoms with E-state index in [-0.39, 0.29) is 0 Å². The predicted molar refractivity (Wildman–Crippen MR) is 77.0 cm³/mol. The van der Waals surface area contributed by atoms with Crippen molar-refractivity contribution in [3.8, 4) is 0 Å². The van der Waals surface area contributed by atoms with Crippen LogP contribution in [0.1, 0.15) is 32.3 Å². The van der Waals surface area contributed by atoms with Gasteiger partial charge in [0.2, 0.25) is 0 Å². The third-order valence-corrected chi connectivity index (χ3v) is 2.99. The van der Waals surface area contributed by atoms with Crippen LogP contribution in [0, 0.1) is 0 Å². The van der Waals surface area contributed by atoms with Gasteiger partial charge in [0.25, 0.3) is 0 Å². The second-order valence-electron chi connectivity index (χ2n) is 4.37. The Morgan fingerprint density at radius 2 is 2.00 bits per heavy atom. The second kappa shape index (κ2) is 7.57. The van der Waals surface area contributed by atoms with Crippen molar-refractivity contribution in [3.63, 3.8) is 0 Å². The zero-order valence-corrected chi connectivity index (χ0v) is 11.8. The Balaban J connectivity index is 2.79. The molecule has 0 amide bonds. The molecule has 0 atom stereocenters. The molecule has 96 valence electrons. The van der Waals surface area contributed by atoms with Crippen molar-refractivity contribution < 1.29 is 0 Å². The Morgan fingerprint density at radius 3 is 2.65 bits per heavy atom. The molecule has 0 bridgehead atoms. The fraction of sp³-hybridized carbons (Fsp3) is 0.571. The molecular weight excluding hydrogens is 232 g/mol. The molecule has 0 saturated carbocycles. The van der Waals surface area contributed by atoms with E-state index in [0.29, 0.717) is 0 Å². The fourth-order valence-electron chi connectivity index (χ4n) is 1.92. The molecule has 1 N–H and O–H groups in total. The van der Waals surface area contributed by atoms with E-state index in [0.717, 1.165) is 37.5 Å². The molecule has 0 aliphatic carbocycles. The van der Waals surface area contributed by atoms with E-state index in [1.807, 2.05) is 6.07 Å². The molecule has 0 radical (unpaired) electrons. The van der Waals surface area contributed by atoms with Crippen LogP contribution in [0.2, 0.25) is 5.02 Å². The van der Waals surface area contributed by atoms with Gasteiger partial charge in [0.05, 0.1) is 0 Å². The third kappa shape index (κ3) is 4.57. The smallest absolute Gasteiger partial charge is 0.0410 e. The molecular formula is C14H23ClN2. The zero-order valence-electron chi connectivity index (χ0n) is 11.1. The molecule has 0 aliphatic heterocycles. The highest BCUT2D eigenvalue weighted by Crippen LogP contribution is 2.23. The van der Waals surface area contributed by atoms with E-state index in [9.17, 15) is 0 Å². The average molecular weight is 255 g/mol. The summed E-state index contributed by atoms with van der Waals surface area (Å²) in [6.45, 7) is 7.38. The summed E-state index contributed by atoms with van der Waals surface area (Å²) in [5, 5.41) is 4.24. The molecule has 17 heavy (non-hydrogen) atoms. The summed E-state index contributed by atoms with van der Waals surface area (Å²) < 4.78 is 0. The SMILES string of the molecule is CCCNCc1cc(Cl)ccc1N(C)CCC. The Hall–Kier alpha value is -0.730. The fourth-order valence-corrected chi connectivity index (χ4v) is 2.12. The van der Waals surface area contributed by atoms with Crippen molar-refractivity contribution in [1.29, 1.82) is 0 Å². The molecule has 0 aromatic heterocycles. The first-order valence-electron chi connectivity index (χ1n) is 6.39. The monoisotopic (exact) mass is 254 g/mol. The van der Waals surface area contributed by atoms with Gasteiger partial charge in [-0.15, -0.1) is 0 Å². The minimum Gasteiger partial charge on any atom is -0.374 e. The molecule has 0 unspecified atom stereocenters. The number of hydrogen-bond donors (Lipinski definition) is 1. The number of rotatable bonds is 7. The lowest BCUT2D eigenvalue weighted by molar-refractivity contribution is 0.673. The number of benzene rings is 1. The highest BCUT2D eigenvalue weighted by Gasteiger charge is 2.07. The highest BCUT2D eigenvalue weighted by molar-refractivity contribution is 6.30. The number of anilines is 1. The van der Waals surface area contributed by atoms with Gasteiger partial charge in [-0.25, -0.2) is 0 Å². The molecule has 3 heteroatoms. The lowest BCUT2D eigenvalue weighted by Crippen LogP contribution is -2.22. The standard InChI is InChI=1S/C14H23ClN2/c1-4-8-16-11-12-10-13(15)6-7-14(12)17(3)9-5-2/h6-7,10,16H,4-5,8-9,11H2,1-3H3. The quantitative estimate of drug-likeness (QED) is 0.747. The molecule has 0 aliphatic rings. The van der Waals surface area contributed by atoms with E-state index in [1.165, 1.54) is 11.3 Å². The highest BCUT2D eigenvalue weighted by atomic mass is 35.5. The molecule has 0 heterocycles. The van der Waals surface area contributed by atoms with Crippen molar-refractivity contribution in [2.24, 2.45) is 0 Å². The van der Waals surface area contributed by atoms with Gasteiger partial charge in [0, 0.05) is 30.8 Å². The maximum Gasteiger partial charge on any atom is 0.0410 e. The lowest BCUT2D eigenvalue weighted by atomic mass is 10.1. The Labute approximate surface area is 110 Å². The third-order valence-electron chi connectivity index (χ3n) is 2.75. The van der Waals surface area contributed by atoms with Gasteiger partial charge in [-0.1, -0.05) is 25.4 Å². The number of nitrogens with zero attached hydrogens (tertiary/aromatic N) is 1. The predicted octanol–water partition coefficient (Wildman–Crippen LogP) is 3.69. The van der Waals surface area contributed by atoms with Gasteiger partial charge in [-0.3, -0.25) is 0 Å². The van der Waals surface area contributed by atoms with Gasteiger partial charge >= 0.3 is 0 Å². The van der Waals surface area contributed by atoms with Crippen LogP contribution in [0.5, 0.6) is 0 Å². The minimum absolute atomic E-state index is 0.812. The summed E-state index contributed by atoms with van der Waals surface area (Å²) in [5.74, 6) is 0. The summed E-state index contributed by atoms with van der Waals surface area (Å²) in [6, 6.07) is 6.14. The molecule has 0 fully saturated rings. The van der Waals surface area contributed by atoms with E-state index < -0.39 is 0 Å². The van der Waals surface area contributed by atoms with Crippen LogP contribution in [0.15, 0.2) is 18.2 Å². The van der Waals surface area contributed by atoms with Crippen molar-refractivity contribution >= 4 is 17.3 Å². The van der Waals surface area contributed by atoms with Gasteiger partial charge in [0.1, 0.15) is 0 Å². The van der Waals surface area contributed by atoms with Crippen LogP contribution in [-0.4, -0.2) is 20.1 Å². The Kier molecular flexibility index (Phi) is 6.38. The molecule has 0 spiro atoms. The first-order chi connectivity index (χ1) is 8.19. The number of nitrogens with one attached hydrogen (secondary N) is 1. The summed E-state index contributed by atoms with van der Waals surface area (Å²) in [5.41, 5.74) is 2.56. The molecule has 1 aromatic rings. The molecule has 0 saturated heterocycles. The van der Waals surface area contributed by atoms with E-state index in [1.54, 1.807) is 0 Å². The lowest BCUT2D eigenvalue weighted by Gasteiger charge is -2.22. The van der Waals surface area contributed by atoms with E-state index in [4.69, 9.17) is 11.6 Å². The van der Waals surface area contributed by atoms with Crippen LogP contribution >= 0.6 is 11.6 Å². The first-order valence-corrected chi connectivity index (χ1v) is 6.77. The summed E-state index contributed by atoms with van der Waals surface area (Å²) in [7, 11) is 2.13. The maximum absolute atomic E-state index is 6.07. The van der Waals surface area contributed by atoms with Crippen LogP contribution in [0.25, 0.3) is 0 Å². The zero-order chi connectivity index (χ0) is 12.7. The average Bonchev–Trinajstić information content (AvgIpc) is 2.30. The second-order valence-corrected chi connectivity index (χ2v) is 4.81. The number of halogens is 1. The van der Waals surface area contributed by atoms with Crippen molar-refractivity contribution in [2.75, 3.05) is 25.0 Å². The van der Waals surface area contributed by atoms with Crippen molar-refractivity contribution in [2.45, 2.75) is 33.2 Å². The number of hydrogen-bond acceptors (Lipinski definition) is 2. The van der Waals surface area contributed by atoms with E-state index >= 15 is 0 Å². The Bertz CT molecular complexity index is 339. The van der Waals surface area contributed by atoms with Crippen LogP contribution < -0.4 is 10.2 Å². The van der Waals surface area contributed by atoms with Crippen LogP contribution in [0.3, 0.4) is 0 Å². The Morgan fingerprint density at radius 1 is 1.24 bits per heavy atom. The molecule has 2 nitrogen and oxygen atoms in total. The summed E-state index contributed by atoms with van der Waals surface area (Å²) in [4.78, 5) is 2.29. The van der Waals surface area contributed by atoms with Crippen molar-refractivity contribution in [3.05, 3.63) is 28.8 Å². The van der Waals surface area contributed by atoms with Crippen LogP contribution in [0.4, 0.5) is 5.69 Å². The van der Waals surface area contributed by atoms with E-state index in [2.05, 4.69) is 43.2 Å². The molecule has 1 rings (SSSR count). The maximum atomic E-state index is 6.07. The summed E-state index contributed by atoms with van der Waals surface area (Å²) in [6.07, 6.45) is 2.31. The normalized spacial score (nSPS) is 10.6. The largest absolute Gasteiger partial charge is 0.374 e. The topological polar surface area (TPSA) is 15.3 Å². The molecule has 1 aromatic carbocycles. The van der Waals surface area contributed by atoms with Gasteiger partial charge in [-0.05, 0) is 43.1 Å². The first kappa shape index (κ1) is 14.3. The van der Waals surface area contributed by atoms with Gasteiger partial charge < -0.3 is 10.2 Å². The van der Waals surface area contributed by atoms with Crippen molar-refractivity contribution in [1.82, 2.24) is 5.32 Å². The van der Waals surface area contributed by atoms with Gasteiger partial charge in [-0.2, -0.15) is 0 Å². The van der Waals surface area contributed by atoms with Gasteiger partial charge in [0.15, 0.2) is 0 Å². The summed E-state index contributed by atoms with van der Waals surface area (Å²) >= 11 is 6.07.